The van der Waals surface area contributed by atoms with E-state index in [-0.39, 0.29) is 11.5 Å². The van der Waals surface area contributed by atoms with Crippen molar-refractivity contribution in [2.45, 2.75) is 6.92 Å². The van der Waals surface area contributed by atoms with Gasteiger partial charge in [0.05, 0.1) is 12.2 Å². The summed E-state index contributed by atoms with van der Waals surface area (Å²) in [5, 5.41) is 8.81. The Morgan fingerprint density at radius 1 is 1.40 bits per heavy atom. The van der Waals surface area contributed by atoms with E-state index in [9.17, 15) is 9.59 Å². The monoisotopic (exact) mass is 274 g/mol. The molecule has 0 atom stereocenters. The molecule has 0 bridgehead atoms. The minimum absolute atomic E-state index is 0.232. The quantitative estimate of drug-likeness (QED) is 0.730. The van der Waals surface area contributed by atoms with Crippen LogP contribution in [-0.4, -0.2) is 28.7 Å². The Morgan fingerprint density at radius 2 is 2.20 bits per heavy atom. The SMILES string of the molecule is CCOC(=O)c1cccc(NC(=O)c2cc(N)n[nH]2)c1. The van der Waals surface area contributed by atoms with Crippen LogP contribution in [0.1, 0.15) is 27.8 Å². The van der Waals surface area contributed by atoms with Crippen molar-refractivity contribution in [3.05, 3.63) is 41.6 Å². The zero-order valence-electron chi connectivity index (χ0n) is 10.8. The molecular weight excluding hydrogens is 260 g/mol. The number of rotatable bonds is 4. The van der Waals surface area contributed by atoms with Gasteiger partial charge in [0, 0.05) is 11.8 Å². The van der Waals surface area contributed by atoms with Crippen LogP contribution in [0.15, 0.2) is 30.3 Å². The first-order valence-electron chi connectivity index (χ1n) is 5.99. The van der Waals surface area contributed by atoms with E-state index in [0.717, 1.165) is 0 Å². The van der Waals surface area contributed by atoms with Crippen LogP contribution in [0.5, 0.6) is 0 Å². The first-order valence-corrected chi connectivity index (χ1v) is 5.99. The van der Waals surface area contributed by atoms with E-state index in [1.54, 1.807) is 25.1 Å². The second kappa shape index (κ2) is 5.87. The molecule has 0 aliphatic rings. The normalized spacial score (nSPS) is 10.1. The van der Waals surface area contributed by atoms with Crippen LogP contribution in [0.3, 0.4) is 0 Å². The minimum Gasteiger partial charge on any atom is -0.462 e. The number of nitrogens with zero attached hydrogens (tertiary/aromatic N) is 1. The minimum atomic E-state index is -0.436. The van der Waals surface area contributed by atoms with Gasteiger partial charge in [-0.25, -0.2) is 4.79 Å². The maximum atomic E-state index is 11.9. The summed E-state index contributed by atoms with van der Waals surface area (Å²) in [6, 6.07) is 7.89. The van der Waals surface area contributed by atoms with Crippen molar-refractivity contribution in [2.24, 2.45) is 0 Å². The predicted octanol–water partition coefficient (Wildman–Crippen LogP) is 1.42. The first kappa shape index (κ1) is 13.6. The number of nitrogens with two attached hydrogens (primary N) is 1. The highest BCUT2D eigenvalue weighted by molar-refractivity contribution is 6.03. The van der Waals surface area contributed by atoms with Crippen LogP contribution >= 0.6 is 0 Å². The smallest absolute Gasteiger partial charge is 0.338 e. The van der Waals surface area contributed by atoms with Crippen LogP contribution in [-0.2, 0) is 4.74 Å². The summed E-state index contributed by atoms with van der Waals surface area (Å²) in [5.41, 5.74) is 6.51. The molecule has 2 rings (SSSR count). The summed E-state index contributed by atoms with van der Waals surface area (Å²) >= 11 is 0. The third-order valence-electron chi connectivity index (χ3n) is 2.47. The molecule has 0 saturated carbocycles. The van der Waals surface area contributed by atoms with Crippen LogP contribution in [0.2, 0.25) is 0 Å². The largest absolute Gasteiger partial charge is 0.462 e. The highest BCUT2D eigenvalue weighted by atomic mass is 16.5. The van der Waals surface area contributed by atoms with Gasteiger partial charge in [0.25, 0.3) is 5.91 Å². The van der Waals surface area contributed by atoms with Gasteiger partial charge in [-0.05, 0) is 25.1 Å². The summed E-state index contributed by atoms with van der Waals surface area (Å²) in [4.78, 5) is 23.5. The summed E-state index contributed by atoms with van der Waals surface area (Å²) < 4.78 is 4.89. The first-order chi connectivity index (χ1) is 9.60. The van der Waals surface area contributed by atoms with Crippen molar-refractivity contribution < 1.29 is 14.3 Å². The third kappa shape index (κ3) is 3.14. The number of benzene rings is 1. The number of carbonyl (C=O) groups excluding carboxylic acids is 2. The summed E-state index contributed by atoms with van der Waals surface area (Å²) in [7, 11) is 0. The fourth-order valence-corrected chi connectivity index (χ4v) is 1.59. The van der Waals surface area contributed by atoms with Gasteiger partial charge in [-0.3, -0.25) is 9.89 Å². The molecule has 0 aliphatic heterocycles. The van der Waals surface area contributed by atoms with Crippen molar-refractivity contribution in [3.8, 4) is 0 Å². The van der Waals surface area contributed by atoms with E-state index >= 15 is 0 Å². The Balaban J connectivity index is 2.12. The molecule has 2 aromatic rings. The molecule has 1 aromatic carbocycles. The van der Waals surface area contributed by atoms with Gasteiger partial charge in [-0.1, -0.05) is 6.07 Å². The number of hydrogen-bond acceptors (Lipinski definition) is 5. The van der Waals surface area contributed by atoms with Gasteiger partial charge in [-0.15, -0.1) is 0 Å². The van der Waals surface area contributed by atoms with Gasteiger partial charge >= 0.3 is 5.97 Å². The zero-order chi connectivity index (χ0) is 14.5. The number of amides is 1. The van der Waals surface area contributed by atoms with E-state index in [1.165, 1.54) is 12.1 Å². The fourth-order valence-electron chi connectivity index (χ4n) is 1.59. The lowest BCUT2D eigenvalue weighted by atomic mass is 10.2. The average Bonchev–Trinajstić information content (AvgIpc) is 2.86. The van der Waals surface area contributed by atoms with E-state index in [0.29, 0.717) is 17.9 Å². The second-order valence-corrected chi connectivity index (χ2v) is 3.96. The number of carbonyl (C=O) groups is 2. The maximum Gasteiger partial charge on any atom is 0.338 e. The van der Waals surface area contributed by atoms with Crippen molar-refractivity contribution in [3.63, 3.8) is 0 Å². The predicted molar refractivity (Wildman–Crippen MR) is 73.4 cm³/mol. The molecular formula is C13H14N4O3. The summed E-state index contributed by atoms with van der Waals surface area (Å²) in [6.45, 7) is 2.02. The number of anilines is 2. The van der Waals surface area contributed by atoms with Gasteiger partial charge in [0.1, 0.15) is 11.5 Å². The van der Waals surface area contributed by atoms with E-state index in [4.69, 9.17) is 10.5 Å². The van der Waals surface area contributed by atoms with Crippen molar-refractivity contribution in [1.29, 1.82) is 0 Å². The highest BCUT2D eigenvalue weighted by Gasteiger charge is 2.11. The lowest BCUT2D eigenvalue weighted by Crippen LogP contribution is -2.13. The highest BCUT2D eigenvalue weighted by Crippen LogP contribution is 2.13. The Bertz CT molecular complexity index is 636. The number of ether oxygens (including phenoxy) is 1. The topological polar surface area (TPSA) is 110 Å². The molecule has 7 nitrogen and oxygen atoms in total. The van der Waals surface area contributed by atoms with Crippen molar-refractivity contribution >= 4 is 23.4 Å². The van der Waals surface area contributed by atoms with E-state index in [2.05, 4.69) is 15.5 Å². The van der Waals surface area contributed by atoms with E-state index < -0.39 is 11.9 Å². The Hall–Kier alpha value is -2.83. The van der Waals surface area contributed by atoms with Gasteiger partial charge in [0.2, 0.25) is 0 Å². The number of esters is 1. The van der Waals surface area contributed by atoms with Crippen LogP contribution in [0, 0.1) is 0 Å². The molecule has 7 heteroatoms. The van der Waals surface area contributed by atoms with Crippen LogP contribution in [0.4, 0.5) is 11.5 Å². The van der Waals surface area contributed by atoms with E-state index in [1.807, 2.05) is 0 Å². The van der Waals surface area contributed by atoms with Crippen LogP contribution in [0.25, 0.3) is 0 Å². The van der Waals surface area contributed by atoms with Gasteiger partial charge in [0.15, 0.2) is 0 Å². The molecule has 1 amide bonds. The number of nitrogen functional groups attached to an aromatic ring is 1. The molecule has 0 aliphatic carbocycles. The molecule has 104 valence electrons. The Kier molecular flexibility index (Phi) is 3.99. The third-order valence-corrected chi connectivity index (χ3v) is 2.47. The number of nitrogens with one attached hydrogen (secondary N) is 2. The molecule has 4 N–H and O–H groups in total. The molecule has 20 heavy (non-hydrogen) atoms. The lowest BCUT2D eigenvalue weighted by Gasteiger charge is -2.06. The molecule has 1 aromatic heterocycles. The Labute approximate surface area is 115 Å². The summed E-state index contributed by atoms with van der Waals surface area (Å²) in [6.07, 6.45) is 0. The summed E-state index contributed by atoms with van der Waals surface area (Å²) in [5.74, 6) is -0.597. The molecule has 0 fully saturated rings. The fraction of sp³-hybridized carbons (Fsp3) is 0.154. The molecule has 0 saturated heterocycles. The zero-order valence-corrected chi connectivity index (χ0v) is 10.8. The number of aromatic amines is 1. The van der Waals surface area contributed by atoms with Crippen molar-refractivity contribution in [2.75, 3.05) is 17.7 Å². The number of H-pyrrole nitrogens is 1. The molecule has 1 heterocycles. The number of hydrogen-bond donors (Lipinski definition) is 3. The lowest BCUT2D eigenvalue weighted by molar-refractivity contribution is 0.0526. The molecule has 0 unspecified atom stereocenters. The van der Waals surface area contributed by atoms with Crippen molar-refractivity contribution in [1.82, 2.24) is 10.2 Å². The standard InChI is InChI=1S/C13H14N4O3/c1-2-20-13(19)8-4-3-5-9(6-8)15-12(18)10-7-11(14)17-16-10/h3-7H,2H2,1H3,(H,15,18)(H3,14,16,17). The molecule has 0 radical (unpaired) electrons. The average molecular weight is 274 g/mol. The van der Waals surface area contributed by atoms with Gasteiger partial charge in [-0.2, -0.15) is 5.10 Å². The van der Waals surface area contributed by atoms with Gasteiger partial charge < -0.3 is 15.8 Å². The maximum absolute atomic E-state index is 11.9. The second-order valence-electron chi connectivity index (χ2n) is 3.96. The molecule has 0 spiro atoms. The Morgan fingerprint density at radius 3 is 2.85 bits per heavy atom. The van der Waals surface area contributed by atoms with Crippen LogP contribution < -0.4 is 11.1 Å². The number of aromatic nitrogens is 2.